The maximum absolute atomic E-state index is 5.52. The van der Waals surface area contributed by atoms with Gasteiger partial charge < -0.3 is 0 Å². The molecule has 0 spiro atoms. The van der Waals surface area contributed by atoms with Crippen LogP contribution in [0.1, 0.15) is 31.4 Å². The Balaban J connectivity index is 2.92. The number of hydrogen-bond acceptors (Lipinski definition) is 2. The Hall–Kier alpha value is 0.1000. The van der Waals surface area contributed by atoms with Crippen LogP contribution in [0.2, 0.25) is 0 Å². The molecule has 0 saturated carbocycles. The highest BCUT2D eigenvalue weighted by molar-refractivity contribution is 9.11. The van der Waals surface area contributed by atoms with E-state index in [9.17, 15) is 0 Å². The van der Waals surface area contributed by atoms with Crippen LogP contribution < -0.4 is 11.3 Å². The van der Waals surface area contributed by atoms with Crippen LogP contribution in [-0.2, 0) is 0 Å². The van der Waals surface area contributed by atoms with Gasteiger partial charge >= 0.3 is 0 Å². The monoisotopic (exact) mass is 320 g/mol. The molecule has 3 N–H and O–H groups in total. The van der Waals surface area contributed by atoms with Crippen molar-refractivity contribution in [2.45, 2.75) is 25.8 Å². The molecule has 78 valence electrons. The lowest BCUT2D eigenvalue weighted by atomic mass is 10.0. The van der Waals surface area contributed by atoms with Crippen molar-refractivity contribution in [3.63, 3.8) is 0 Å². The molecule has 0 aromatic heterocycles. The van der Waals surface area contributed by atoms with E-state index in [0.717, 1.165) is 21.8 Å². The minimum absolute atomic E-state index is 0.225. The lowest BCUT2D eigenvalue weighted by Crippen LogP contribution is -2.28. The molecule has 0 amide bonds. The first kappa shape index (κ1) is 12.2. The third kappa shape index (κ3) is 3.05. The van der Waals surface area contributed by atoms with Crippen molar-refractivity contribution in [3.8, 4) is 0 Å². The van der Waals surface area contributed by atoms with E-state index in [4.69, 9.17) is 5.84 Å². The lowest BCUT2D eigenvalue weighted by Gasteiger charge is -2.17. The first-order valence-corrected chi connectivity index (χ1v) is 6.18. The third-order valence-corrected chi connectivity index (χ3v) is 3.30. The van der Waals surface area contributed by atoms with Gasteiger partial charge in [0.15, 0.2) is 0 Å². The van der Waals surface area contributed by atoms with E-state index in [1.165, 1.54) is 5.56 Å². The average Bonchev–Trinajstić information content (AvgIpc) is 2.15. The van der Waals surface area contributed by atoms with Crippen LogP contribution in [0.15, 0.2) is 27.1 Å². The fourth-order valence-electron chi connectivity index (χ4n) is 1.40. The first-order chi connectivity index (χ1) is 6.69. The molecule has 0 bridgehead atoms. The normalized spacial score (nSPS) is 12.9. The number of hydrogen-bond donors (Lipinski definition) is 2. The molecule has 1 aromatic rings. The topological polar surface area (TPSA) is 38.0 Å². The molecule has 0 fully saturated rings. The van der Waals surface area contributed by atoms with Crippen LogP contribution in [0.5, 0.6) is 0 Å². The van der Waals surface area contributed by atoms with Gasteiger partial charge in [0.25, 0.3) is 0 Å². The lowest BCUT2D eigenvalue weighted by molar-refractivity contribution is 0.508. The molecule has 0 heterocycles. The number of hydrazine groups is 1. The quantitative estimate of drug-likeness (QED) is 0.658. The van der Waals surface area contributed by atoms with E-state index in [1.54, 1.807) is 0 Å². The minimum Gasteiger partial charge on any atom is -0.271 e. The Morgan fingerprint density at radius 2 is 2.14 bits per heavy atom. The van der Waals surface area contributed by atoms with E-state index in [0.29, 0.717) is 0 Å². The number of nitrogens with one attached hydrogen (secondary N) is 1. The van der Waals surface area contributed by atoms with Gasteiger partial charge in [0.05, 0.1) is 0 Å². The Labute approximate surface area is 101 Å². The Morgan fingerprint density at radius 3 is 2.64 bits per heavy atom. The molecule has 0 radical (unpaired) electrons. The van der Waals surface area contributed by atoms with E-state index >= 15 is 0 Å². The average molecular weight is 322 g/mol. The number of nitrogens with two attached hydrogens (primary N) is 1. The summed E-state index contributed by atoms with van der Waals surface area (Å²) in [5.74, 6) is 5.52. The smallest absolute Gasteiger partial charge is 0.0471 e. The van der Waals surface area contributed by atoms with Crippen molar-refractivity contribution in [1.29, 1.82) is 0 Å². The molecule has 1 unspecified atom stereocenters. The van der Waals surface area contributed by atoms with Gasteiger partial charge in [-0.3, -0.25) is 11.3 Å². The van der Waals surface area contributed by atoms with Gasteiger partial charge in [-0.15, -0.1) is 0 Å². The van der Waals surface area contributed by atoms with Gasteiger partial charge in [-0.2, -0.15) is 0 Å². The standard InChI is InChI=1S/C10H14Br2N2/c1-2-3-10(14-13)8-5-4-7(11)6-9(8)12/h4-6,10,14H,2-3,13H2,1H3. The van der Waals surface area contributed by atoms with E-state index in [1.807, 2.05) is 12.1 Å². The van der Waals surface area contributed by atoms with Crippen LogP contribution in [0, 0.1) is 0 Å². The van der Waals surface area contributed by atoms with Crippen LogP contribution in [0.25, 0.3) is 0 Å². The molecule has 1 aromatic carbocycles. The van der Waals surface area contributed by atoms with Crippen LogP contribution >= 0.6 is 31.9 Å². The van der Waals surface area contributed by atoms with Gasteiger partial charge in [0, 0.05) is 15.0 Å². The Morgan fingerprint density at radius 1 is 1.43 bits per heavy atom. The fourth-order valence-corrected chi connectivity index (χ4v) is 2.72. The van der Waals surface area contributed by atoms with Crippen molar-refractivity contribution in [2.24, 2.45) is 5.84 Å². The summed E-state index contributed by atoms with van der Waals surface area (Å²) < 4.78 is 2.16. The predicted octanol–water partition coefficient (Wildman–Crippen LogP) is 3.52. The highest BCUT2D eigenvalue weighted by Crippen LogP contribution is 2.28. The fraction of sp³-hybridized carbons (Fsp3) is 0.400. The zero-order valence-corrected chi connectivity index (χ0v) is 11.2. The van der Waals surface area contributed by atoms with Crippen molar-refractivity contribution >= 4 is 31.9 Å². The molecule has 14 heavy (non-hydrogen) atoms. The van der Waals surface area contributed by atoms with Crippen LogP contribution in [-0.4, -0.2) is 0 Å². The van der Waals surface area contributed by atoms with Crippen LogP contribution in [0.4, 0.5) is 0 Å². The highest BCUT2D eigenvalue weighted by atomic mass is 79.9. The van der Waals surface area contributed by atoms with Crippen molar-refractivity contribution in [2.75, 3.05) is 0 Å². The molecule has 1 rings (SSSR count). The molecule has 1 atom stereocenters. The largest absolute Gasteiger partial charge is 0.271 e. The van der Waals surface area contributed by atoms with Gasteiger partial charge in [0.2, 0.25) is 0 Å². The van der Waals surface area contributed by atoms with E-state index < -0.39 is 0 Å². The Bertz CT molecular complexity index is 302. The van der Waals surface area contributed by atoms with Crippen molar-refractivity contribution < 1.29 is 0 Å². The Kier molecular flexibility index (Phi) is 5.09. The molecule has 4 heteroatoms. The minimum atomic E-state index is 0.225. The summed E-state index contributed by atoms with van der Waals surface area (Å²) in [7, 11) is 0. The summed E-state index contributed by atoms with van der Waals surface area (Å²) in [4.78, 5) is 0. The molecule has 0 saturated heterocycles. The zero-order valence-electron chi connectivity index (χ0n) is 8.06. The SMILES string of the molecule is CCCC(NN)c1ccc(Br)cc1Br. The van der Waals surface area contributed by atoms with E-state index in [-0.39, 0.29) is 6.04 Å². The van der Waals surface area contributed by atoms with Crippen molar-refractivity contribution in [3.05, 3.63) is 32.7 Å². The summed E-state index contributed by atoms with van der Waals surface area (Å²) in [5.41, 5.74) is 4.04. The molecule has 2 nitrogen and oxygen atoms in total. The summed E-state index contributed by atoms with van der Waals surface area (Å²) in [6, 6.07) is 6.37. The second-order valence-corrected chi connectivity index (χ2v) is 4.94. The second kappa shape index (κ2) is 5.85. The zero-order chi connectivity index (χ0) is 10.6. The van der Waals surface area contributed by atoms with Gasteiger partial charge in [0.1, 0.15) is 0 Å². The third-order valence-electron chi connectivity index (χ3n) is 2.12. The molecular formula is C10H14Br2N2. The number of benzene rings is 1. The highest BCUT2D eigenvalue weighted by Gasteiger charge is 2.11. The van der Waals surface area contributed by atoms with Crippen LogP contribution in [0.3, 0.4) is 0 Å². The maximum Gasteiger partial charge on any atom is 0.0471 e. The number of halogens is 2. The maximum atomic E-state index is 5.52. The van der Waals surface area contributed by atoms with Gasteiger partial charge in [-0.1, -0.05) is 51.3 Å². The second-order valence-electron chi connectivity index (χ2n) is 3.17. The van der Waals surface area contributed by atoms with Gasteiger partial charge in [-0.25, -0.2) is 0 Å². The molecular weight excluding hydrogens is 308 g/mol. The predicted molar refractivity (Wildman–Crippen MR) is 66.8 cm³/mol. The first-order valence-electron chi connectivity index (χ1n) is 4.60. The molecule has 0 aliphatic heterocycles. The summed E-state index contributed by atoms with van der Waals surface area (Å²) in [5, 5.41) is 0. The van der Waals surface area contributed by atoms with E-state index in [2.05, 4.69) is 50.3 Å². The number of rotatable bonds is 4. The summed E-state index contributed by atoms with van der Waals surface area (Å²) >= 11 is 6.96. The molecule has 0 aliphatic rings. The summed E-state index contributed by atoms with van der Waals surface area (Å²) in [6.45, 7) is 2.15. The molecule has 0 aliphatic carbocycles. The van der Waals surface area contributed by atoms with Crippen molar-refractivity contribution in [1.82, 2.24) is 5.43 Å². The summed E-state index contributed by atoms with van der Waals surface area (Å²) in [6.07, 6.45) is 2.15. The van der Waals surface area contributed by atoms with Gasteiger partial charge in [-0.05, 0) is 24.1 Å².